The van der Waals surface area contributed by atoms with Crippen molar-refractivity contribution in [1.29, 1.82) is 0 Å². The first-order chi connectivity index (χ1) is 15.4. The van der Waals surface area contributed by atoms with Gasteiger partial charge in [-0.1, -0.05) is 43.3 Å². The van der Waals surface area contributed by atoms with Gasteiger partial charge in [0.15, 0.2) is 5.78 Å². The van der Waals surface area contributed by atoms with E-state index in [-0.39, 0.29) is 37.6 Å². The lowest BCUT2D eigenvalue weighted by Crippen LogP contribution is -2.49. The molecule has 0 heterocycles. The number of aldehydes is 1. The maximum Gasteiger partial charge on any atom is 0.243 e. The number of benzene rings is 1. The third-order valence-electron chi connectivity index (χ3n) is 4.62. The number of rotatable bonds is 16. The molecule has 0 saturated carbocycles. The lowest BCUT2D eigenvalue weighted by Gasteiger charge is -2.16. The van der Waals surface area contributed by atoms with Gasteiger partial charge in [0.25, 0.3) is 0 Å². The van der Waals surface area contributed by atoms with Crippen LogP contribution in [0.1, 0.15) is 37.7 Å². The predicted octanol–water partition coefficient (Wildman–Crippen LogP) is 0.180. The summed E-state index contributed by atoms with van der Waals surface area (Å²) < 4.78 is 0. The predicted molar refractivity (Wildman–Crippen MR) is 120 cm³/mol. The third-order valence-corrected chi connectivity index (χ3v) is 4.62. The van der Waals surface area contributed by atoms with Crippen molar-refractivity contribution in [1.82, 2.24) is 16.0 Å². The minimum absolute atomic E-state index is 0.209. The molecule has 1 aromatic rings. The number of ketones is 1. The van der Waals surface area contributed by atoms with E-state index in [9.17, 15) is 24.0 Å². The summed E-state index contributed by atoms with van der Waals surface area (Å²) in [5, 5.41) is 7.29. The minimum atomic E-state index is -1.06. The molecule has 5 N–H and O–H groups in total. The Kier molecular flexibility index (Phi) is 12.9. The summed E-state index contributed by atoms with van der Waals surface area (Å²) >= 11 is 0. The van der Waals surface area contributed by atoms with Gasteiger partial charge in [0.2, 0.25) is 17.7 Å². The summed E-state index contributed by atoms with van der Waals surface area (Å²) in [5.41, 5.74) is 6.70. The van der Waals surface area contributed by atoms with Gasteiger partial charge in [-0.05, 0) is 30.5 Å². The van der Waals surface area contributed by atoms with Crippen molar-refractivity contribution in [3.8, 4) is 0 Å². The lowest BCUT2D eigenvalue weighted by molar-refractivity contribution is -0.131. The van der Waals surface area contributed by atoms with Crippen molar-refractivity contribution in [2.24, 2.45) is 5.73 Å². The van der Waals surface area contributed by atoms with Crippen molar-refractivity contribution in [3.05, 3.63) is 48.0 Å². The molecule has 1 aromatic carbocycles. The number of nitrogens with two attached hydrogens (primary N) is 1. The maximum absolute atomic E-state index is 12.2. The Morgan fingerprint density at radius 2 is 1.69 bits per heavy atom. The fourth-order valence-electron chi connectivity index (χ4n) is 2.80. The molecule has 32 heavy (non-hydrogen) atoms. The molecule has 1 atom stereocenters. The second-order valence-electron chi connectivity index (χ2n) is 7.31. The normalized spacial score (nSPS) is 11.2. The molecule has 9 heteroatoms. The third kappa shape index (κ3) is 11.2. The van der Waals surface area contributed by atoms with Crippen molar-refractivity contribution in [2.45, 2.75) is 44.6 Å². The van der Waals surface area contributed by atoms with Gasteiger partial charge in [-0.15, -0.1) is 0 Å². The first-order valence-electron chi connectivity index (χ1n) is 10.6. The van der Waals surface area contributed by atoms with Crippen LogP contribution in [0, 0.1) is 0 Å². The second-order valence-corrected chi connectivity index (χ2v) is 7.31. The SMILES string of the molecule is C=C(Cc1ccccc1)C(=O)CNC(=O)CNC(=O)[C@H](CC=O)NC(=O)CCCCCN. The Hall–Kier alpha value is -3.33. The van der Waals surface area contributed by atoms with Crippen LogP contribution >= 0.6 is 0 Å². The average molecular weight is 445 g/mol. The zero-order chi connectivity index (χ0) is 23.8. The quantitative estimate of drug-likeness (QED) is 0.162. The molecule has 3 amide bonds. The van der Waals surface area contributed by atoms with E-state index in [1.165, 1.54) is 0 Å². The molecule has 0 saturated heterocycles. The number of hydrogen-bond acceptors (Lipinski definition) is 6. The van der Waals surface area contributed by atoms with E-state index in [2.05, 4.69) is 22.5 Å². The van der Waals surface area contributed by atoms with Crippen LogP contribution in [0.4, 0.5) is 0 Å². The highest BCUT2D eigenvalue weighted by Gasteiger charge is 2.21. The number of carbonyl (C=O) groups excluding carboxylic acids is 5. The van der Waals surface area contributed by atoms with Gasteiger partial charge in [0, 0.05) is 19.3 Å². The second kappa shape index (κ2) is 15.5. The van der Waals surface area contributed by atoms with E-state index in [0.717, 1.165) is 18.4 Å². The van der Waals surface area contributed by atoms with E-state index in [1.807, 2.05) is 30.3 Å². The highest BCUT2D eigenvalue weighted by atomic mass is 16.2. The molecule has 0 aliphatic rings. The first-order valence-corrected chi connectivity index (χ1v) is 10.6. The molecule has 0 aliphatic carbocycles. The van der Waals surface area contributed by atoms with Crippen molar-refractivity contribution in [3.63, 3.8) is 0 Å². The molecular weight excluding hydrogens is 412 g/mol. The Morgan fingerprint density at radius 3 is 2.34 bits per heavy atom. The van der Waals surface area contributed by atoms with Gasteiger partial charge < -0.3 is 26.5 Å². The number of amides is 3. The summed E-state index contributed by atoms with van der Waals surface area (Å²) in [7, 11) is 0. The van der Waals surface area contributed by atoms with Gasteiger partial charge in [-0.25, -0.2) is 0 Å². The van der Waals surface area contributed by atoms with Crippen LogP contribution < -0.4 is 21.7 Å². The topological polar surface area (TPSA) is 147 Å². The summed E-state index contributed by atoms with van der Waals surface area (Å²) in [4.78, 5) is 59.1. The van der Waals surface area contributed by atoms with Crippen LogP contribution in [-0.4, -0.2) is 55.5 Å². The van der Waals surface area contributed by atoms with Gasteiger partial charge in [0.1, 0.15) is 12.3 Å². The monoisotopic (exact) mass is 444 g/mol. The van der Waals surface area contributed by atoms with Crippen LogP contribution in [-0.2, 0) is 30.4 Å². The number of hydrogen-bond donors (Lipinski definition) is 4. The first kappa shape index (κ1) is 26.7. The highest BCUT2D eigenvalue weighted by Crippen LogP contribution is 2.06. The zero-order valence-electron chi connectivity index (χ0n) is 18.2. The highest BCUT2D eigenvalue weighted by molar-refractivity contribution is 5.99. The number of carbonyl (C=O) groups is 5. The molecule has 0 radical (unpaired) electrons. The molecular formula is C23H32N4O5. The summed E-state index contributed by atoms with van der Waals surface area (Å²) in [6, 6.07) is 8.29. The Morgan fingerprint density at radius 1 is 0.969 bits per heavy atom. The number of unbranched alkanes of at least 4 members (excludes halogenated alkanes) is 2. The van der Waals surface area contributed by atoms with Crippen molar-refractivity contribution < 1.29 is 24.0 Å². The van der Waals surface area contributed by atoms with E-state index in [0.29, 0.717) is 31.2 Å². The Labute approximate surface area is 188 Å². The van der Waals surface area contributed by atoms with Crippen LogP contribution in [0.3, 0.4) is 0 Å². The summed E-state index contributed by atoms with van der Waals surface area (Å²) in [6.45, 7) is 3.67. The van der Waals surface area contributed by atoms with Crippen molar-refractivity contribution >= 4 is 29.8 Å². The maximum atomic E-state index is 12.2. The van der Waals surface area contributed by atoms with Gasteiger partial charge in [0.05, 0.1) is 13.1 Å². The van der Waals surface area contributed by atoms with Crippen LogP contribution in [0.15, 0.2) is 42.5 Å². The zero-order valence-corrected chi connectivity index (χ0v) is 18.2. The smallest absolute Gasteiger partial charge is 0.243 e. The standard InChI is InChI=1S/C23H32N4O5/c1-17(14-18-8-4-2-5-9-18)20(29)15-25-22(31)16-26-23(32)19(11-13-28)27-21(30)10-6-3-7-12-24/h2,4-5,8-9,13,19H,1,3,6-7,10-12,14-16,24H2,(H,25,31)(H,26,32)(H,27,30)/t19-/m0/s1. The Bertz CT molecular complexity index is 795. The van der Waals surface area contributed by atoms with Gasteiger partial charge in [-0.2, -0.15) is 0 Å². The van der Waals surface area contributed by atoms with Gasteiger partial charge >= 0.3 is 0 Å². The molecule has 0 fully saturated rings. The largest absolute Gasteiger partial charge is 0.347 e. The minimum Gasteiger partial charge on any atom is -0.347 e. The molecule has 0 bridgehead atoms. The number of Topliss-reactive ketones (excluding diaryl/α,β-unsaturated/α-hetero) is 1. The van der Waals surface area contributed by atoms with Crippen LogP contribution in [0.2, 0.25) is 0 Å². The summed E-state index contributed by atoms with van der Waals surface area (Å²) in [5.74, 6) is -1.88. The average Bonchev–Trinajstić information content (AvgIpc) is 2.79. The summed E-state index contributed by atoms with van der Waals surface area (Å²) in [6.07, 6.45) is 3.15. The fourth-order valence-corrected chi connectivity index (χ4v) is 2.80. The molecule has 0 unspecified atom stereocenters. The van der Waals surface area contributed by atoms with Crippen LogP contribution in [0.5, 0.6) is 0 Å². The van der Waals surface area contributed by atoms with E-state index in [4.69, 9.17) is 5.73 Å². The fraction of sp³-hybridized carbons (Fsp3) is 0.435. The van der Waals surface area contributed by atoms with Crippen molar-refractivity contribution in [2.75, 3.05) is 19.6 Å². The van der Waals surface area contributed by atoms with Gasteiger partial charge in [-0.3, -0.25) is 19.2 Å². The lowest BCUT2D eigenvalue weighted by atomic mass is 10.0. The molecule has 9 nitrogen and oxygen atoms in total. The molecule has 0 spiro atoms. The molecule has 1 rings (SSSR count). The van der Waals surface area contributed by atoms with E-state index in [1.54, 1.807) is 0 Å². The van der Waals surface area contributed by atoms with E-state index >= 15 is 0 Å². The number of nitrogens with one attached hydrogen (secondary N) is 3. The molecule has 0 aromatic heterocycles. The Balaban J connectivity index is 2.37. The van der Waals surface area contributed by atoms with Crippen LogP contribution in [0.25, 0.3) is 0 Å². The molecule has 0 aliphatic heterocycles. The molecule has 174 valence electrons. The van der Waals surface area contributed by atoms with E-state index < -0.39 is 17.9 Å².